The van der Waals surface area contributed by atoms with Crippen LogP contribution < -0.4 is 11.1 Å². The third kappa shape index (κ3) is 3.29. The first-order chi connectivity index (χ1) is 10.0. The smallest absolute Gasteiger partial charge is 0.187 e. The highest BCUT2D eigenvalue weighted by Gasteiger charge is 2.12. The normalized spacial score (nSPS) is 10.8. The van der Waals surface area contributed by atoms with Gasteiger partial charge in [-0.05, 0) is 25.1 Å². The molecule has 0 aliphatic carbocycles. The first kappa shape index (κ1) is 14.6. The average Bonchev–Trinajstić information content (AvgIpc) is 2.94. The molecule has 0 aliphatic rings. The van der Waals surface area contributed by atoms with E-state index in [0.717, 1.165) is 27.1 Å². The van der Waals surface area contributed by atoms with Crippen LogP contribution in [0.5, 0.6) is 0 Å². The summed E-state index contributed by atoms with van der Waals surface area (Å²) in [5.74, 6) is 0. The van der Waals surface area contributed by atoms with Crippen LogP contribution in [-0.2, 0) is 0 Å². The fraction of sp³-hybridized carbons (Fsp3) is 0.0769. The molecule has 108 valence electrons. The van der Waals surface area contributed by atoms with Gasteiger partial charge in [0.25, 0.3) is 0 Å². The van der Waals surface area contributed by atoms with Crippen LogP contribution in [0.4, 0.5) is 16.0 Å². The lowest BCUT2D eigenvalue weighted by Crippen LogP contribution is -1.90. The van der Waals surface area contributed by atoms with Crippen molar-refractivity contribution in [1.82, 2.24) is 9.97 Å². The summed E-state index contributed by atoms with van der Waals surface area (Å²) in [5, 5.41) is 7.57. The second-order valence-corrected chi connectivity index (χ2v) is 7.24. The molecule has 3 rings (SSSR count). The van der Waals surface area contributed by atoms with Crippen molar-refractivity contribution in [3.63, 3.8) is 0 Å². The van der Waals surface area contributed by atoms with Crippen LogP contribution in [-0.4, -0.2) is 9.97 Å². The Hall–Kier alpha value is -1.34. The molecule has 0 fully saturated rings. The van der Waals surface area contributed by atoms with Gasteiger partial charge in [-0.2, -0.15) is 0 Å². The topological polar surface area (TPSA) is 63.8 Å². The van der Waals surface area contributed by atoms with Gasteiger partial charge in [0, 0.05) is 26.0 Å². The maximum absolute atomic E-state index is 5.98. The first-order valence-electron chi connectivity index (χ1n) is 5.93. The predicted molar refractivity (Wildman–Crippen MR) is 92.1 cm³/mol. The molecule has 0 saturated carbocycles. The number of nitrogen functional groups attached to an aromatic ring is 1. The third-order valence-electron chi connectivity index (χ3n) is 2.67. The van der Waals surface area contributed by atoms with Crippen molar-refractivity contribution in [3.8, 4) is 11.4 Å². The average molecular weight is 357 g/mol. The van der Waals surface area contributed by atoms with Gasteiger partial charge in [-0.3, -0.25) is 0 Å². The lowest BCUT2D eigenvalue weighted by Gasteiger charge is -2.03. The van der Waals surface area contributed by atoms with Gasteiger partial charge in [-0.15, -0.1) is 22.7 Å². The van der Waals surface area contributed by atoms with E-state index in [1.165, 1.54) is 22.7 Å². The van der Waals surface area contributed by atoms with Crippen LogP contribution in [0, 0.1) is 6.92 Å². The Morgan fingerprint density at radius 2 is 1.86 bits per heavy atom. The molecule has 2 heterocycles. The fourth-order valence-electron chi connectivity index (χ4n) is 1.84. The standard InChI is InChI=1S/C13H10Cl2N4S2/c1-6-11(19-12(16)21-6)10-5-20-13(18-10)17-9-3-7(14)2-8(15)4-9/h2-5H,1H3,(H2,16,19)(H,17,18). The van der Waals surface area contributed by atoms with Crippen molar-refractivity contribution in [2.75, 3.05) is 11.1 Å². The summed E-state index contributed by atoms with van der Waals surface area (Å²) in [6, 6.07) is 5.27. The van der Waals surface area contributed by atoms with E-state index in [1.807, 2.05) is 12.3 Å². The molecule has 0 bridgehead atoms. The number of thiazole rings is 2. The van der Waals surface area contributed by atoms with Crippen LogP contribution >= 0.6 is 45.9 Å². The van der Waals surface area contributed by atoms with E-state index < -0.39 is 0 Å². The van der Waals surface area contributed by atoms with E-state index in [2.05, 4.69) is 15.3 Å². The van der Waals surface area contributed by atoms with Crippen molar-refractivity contribution in [1.29, 1.82) is 0 Å². The van der Waals surface area contributed by atoms with Crippen molar-refractivity contribution < 1.29 is 0 Å². The van der Waals surface area contributed by atoms with Crippen LogP contribution in [0.25, 0.3) is 11.4 Å². The highest BCUT2D eigenvalue weighted by Crippen LogP contribution is 2.32. The summed E-state index contributed by atoms with van der Waals surface area (Å²) >= 11 is 14.9. The molecular weight excluding hydrogens is 347 g/mol. The molecule has 4 nitrogen and oxygen atoms in total. The molecule has 0 amide bonds. The maximum Gasteiger partial charge on any atom is 0.187 e. The van der Waals surface area contributed by atoms with Crippen molar-refractivity contribution in [3.05, 3.63) is 38.5 Å². The molecule has 2 aromatic heterocycles. The number of anilines is 3. The van der Waals surface area contributed by atoms with Gasteiger partial charge in [-0.25, -0.2) is 9.97 Å². The van der Waals surface area contributed by atoms with Gasteiger partial charge in [-0.1, -0.05) is 23.2 Å². The van der Waals surface area contributed by atoms with E-state index >= 15 is 0 Å². The van der Waals surface area contributed by atoms with Gasteiger partial charge in [0.1, 0.15) is 11.4 Å². The number of halogens is 2. The van der Waals surface area contributed by atoms with E-state index in [1.54, 1.807) is 18.2 Å². The quantitative estimate of drug-likeness (QED) is 0.676. The summed E-state index contributed by atoms with van der Waals surface area (Å²) in [6.07, 6.45) is 0. The molecular formula is C13H10Cl2N4S2. The maximum atomic E-state index is 5.98. The first-order valence-corrected chi connectivity index (χ1v) is 8.38. The predicted octanol–water partition coefficient (Wildman–Crippen LogP) is 5.21. The number of benzene rings is 1. The SMILES string of the molecule is Cc1sc(N)nc1-c1csc(Nc2cc(Cl)cc(Cl)c2)n1. The number of nitrogens with zero attached hydrogens (tertiary/aromatic N) is 2. The van der Waals surface area contributed by atoms with Gasteiger partial charge >= 0.3 is 0 Å². The zero-order valence-electron chi connectivity index (χ0n) is 10.9. The van der Waals surface area contributed by atoms with Crippen LogP contribution in [0.2, 0.25) is 10.0 Å². The number of nitrogens with one attached hydrogen (secondary N) is 1. The fourth-order valence-corrected chi connectivity index (χ4v) is 3.78. The van der Waals surface area contributed by atoms with Crippen LogP contribution in [0.3, 0.4) is 0 Å². The number of aryl methyl sites for hydroxylation is 1. The summed E-state index contributed by atoms with van der Waals surface area (Å²) < 4.78 is 0. The van der Waals surface area contributed by atoms with Gasteiger partial charge in [0.15, 0.2) is 10.3 Å². The Bertz CT molecular complexity index is 777. The second-order valence-electron chi connectivity index (χ2n) is 4.28. The van der Waals surface area contributed by atoms with Crippen molar-refractivity contribution in [2.24, 2.45) is 0 Å². The summed E-state index contributed by atoms with van der Waals surface area (Å²) in [6.45, 7) is 1.98. The molecule has 3 N–H and O–H groups in total. The minimum Gasteiger partial charge on any atom is -0.375 e. The molecule has 0 atom stereocenters. The molecule has 0 aliphatic heterocycles. The highest BCUT2D eigenvalue weighted by atomic mass is 35.5. The Balaban J connectivity index is 1.87. The number of nitrogens with two attached hydrogens (primary N) is 1. The second kappa shape index (κ2) is 5.81. The number of hydrogen-bond acceptors (Lipinski definition) is 6. The van der Waals surface area contributed by atoms with Crippen LogP contribution in [0.1, 0.15) is 4.88 Å². The number of aromatic nitrogens is 2. The van der Waals surface area contributed by atoms with E-state index in [9.17, 15) is 0 Å². The molecule has 0 spiro atoms. The Labute approximate surface area is 139 Å². The molecule has 8 heteroatoms. The van der Waals surface area contributed by atoms with E-state index in [4.69, 9.17) is 28.9 Å². The minimum absolute atomic E-state index is 0.548. The highest BCUT2D eigenvalue weighted by molar-refractivity contribution is 7.16. The lowest BCUT2D eigenvalue weighted by atomic mass is 10.3. The summed E-state index contributed by atoms with van der Waals surface area (Å²) in [4.78, 5) is 9.87. The Morgan fingerprint density at radius 3 is 2.48 bits per heavy atom. The minimum atomic E-state index is 0.548. The number of hydrogen-bond donors (Lipinski definition) is 2. The Morgan fingerprint density at radius 1 is 1.14 bits per heavy atom. The zero-order valence-corrected chi connectivity index (χ0v) is 14.0. The van der Waals surface area contributed by atoms with Gasteiger partial charge in [0.05, 0.1) is 0 Å². The van der Waals surface area contributed by atoms with Crippen LogP contribution in [0.15, 0.2) is 23.6 Å². The summed E-state index contributed by atoms with van der Waals surface area (Å²) in [7, 11) is 0. The molecule has 3 aromatic rings. The Kier molecular flexibility index (Phi) is 4.03. The molecule has 21 heavy (non-hydrogen) atoms. The zero-order chi connectivity index (χ0) is 15.0. The van der Waals surface area contributed by atoms with Crippen molar-refractivity contribution >= 4 is 61.8 Å². The molecule has 0 unspecified atom stereocenters. The number of rotatable bonds is 3. The van der Waals surface area contributed by atoms with E-state index in [-0.39, 0.29) is 0 Å². The van der Waals surface area contributed by atoms with Gasteiger partial charge in [0.2, 0.25) is 0 Å². The van der Waals surface area contributed by atoms with Crippen molar-refractivity contribution in [2.45, 2.75) is 6.92 Å². The largest absolute Gasteiger partial charge is 0.375 e. The summed E-state index contributed by atoms with van der Waals surface area (Å²) in [5.41, 5.74) is 8.14. The molecule has 1 aromatic carbocycles. The third-order valence-corrected chi connectivity index (χ3v) is 4.67. The lowest BCUT2D eigenvalue weighted by molar-refractivity contribution is 1.31. The van der Waals surface area contributed by atoms with Gasteiger partial charge < -0.3 is 11.1 Å². The monoisotopic (exact) mass is 356 g/mol. The molecule has 0 saturated heterocycles. The van der Waals surface area contributed by atoms with E-state index in [0.29, 0.717) is 15.2 Å². The molecule has 0 radical (unpaired) electrons.